The summed E-state index contributed by atoms with van der Waals surface area (Å²) in [4.78, 5) is 22.3. The van der Waals surface area contributed by atoms with Crippen LogP contribution in [0.4, 0.5) is 11.4 Å². The van der Waals surface area contributed by atoms with Gasteiger partial charge in [-0.25, -0.2) is 4.79 Å². The van der Waals surface area contributed by atoms with Crippen molar-refractivity contribution < 1.29 is 14.3 Å². The SMILES string of the molecule is CNC(=O)CCNc1ccc(C(=O)OC)cc1N. The highest BCUT2D eigenvalue weighted by Gasteiger charge is 2.08. The third-order valence-electron chi connectivity index (χ3n) is 2.42. The van der Waals surface area contributed by atoms with Crippen LogP contribution in [0.1, 0.15) is 16.8 Å². The van der Waals surface area contributed by atoms with Crippen LogP contribution in [0.15, 0.2) is 18.2 Å². The maximum absolute atomic E-state index is 11.3. The molecule has 1 amide bonds. The molecule has 1 aromatic rings. The van der Waals surface area contributed by atoms with E-state index in [2.05, 4.69) is 15.4 Å². The molecule has 0 saturated carbocycles. The number of carbonyl (C=O) groups is 2. The van der Waals surface area contributed by atoms with Crippen molar-refractivity contribution >= 4 is 23.3 Å². The van der Waals surface area contributed by atoms with Crippen LogP contribution < -0.4 is 16.4 Å². The van der Waals surface area contributed by atoms with E-state index in [9.17, 15) is 9.59 Å². The van der Waals surface area contributed by atoms with Gasteiger partial charge in [0.15, 0.2) is 0 Å². The lowest BCUT2D eigenvalue weighted by molar-refractivity contribution is -0.120. The van der Waals surface area contributed by atoms with Gasteiger partial charge >= 0.3 is 5.97 Å². The Morgan fingerprint density at radius 3 is 2.67 bits per heavy atom. The molecule has 0 aliphatic heterocycles. The van der Waals surface area contributed by atoms with Crippen LogP contribution in [0.5, 0.6) is 0 Å². The molecule has 0 fully saturated rings. The van der Waals surface area contributed by atoms with E-state index in [0.29, 0.717) is 29.9 Å². The summed E-state index contributed by atoms with van der Waals surface area (Å²) in [6, 6.07) is 4.84. The molecular formula is C12H17N3O3. The van der Waals surface area contributed by atoms with Crippen LogP contribution in [-0.4, -0.2) is 32.6 Å². The maximum Gasteiger partial charge on any atom is 0.337 e. The number of nitrogens with two attached hydrogens (primary N) is 1. The van der Waals surface area contributed by atoms with Crippen LogP contribution in [0.25, 0.3) is 0 Å². The summed E-state index contributed by atoms with van der Waals surface area (Å²) < 4.78 is 4.59. The zero-order valence-electron chi connectivity index (χ0n) is 10.4. The molecule has 6 nitrogen and oxygen atoms in total. The fraction of sp³-hybridized carbons (Fsp3) is 0.333. The first-order valence-electron chi connectivity index (χ1n) is 5.50. The number of esters is 1. The summed E-state index contributed by atoms with van der Waals surface area (Å²) in [6.07, 6.45) is 0.356. The van der Waals surface area contributed by atoms with Crippen LogP contribution in [0.3, 0.4) is 0 Å². The van der Waals surface area contributed by atoms with E-state index in [1.165, 1.54) is 13.2 Å². The highest BCUT2D eigenvalue weighted by Crippen LogP contribution is 2.20. The van der Waals surface area contributed by atoms with Crippen molar-refractivity contribution in [1.82, 2.24) is 5.32 Å². The number of nitrogens with one attached hydrogen (secondary N) is 2. The standard InChI is InChI=1S/C12H17N3O3/c1-14-11(16)5-6-15-10-4-3-8(7-9(10)13)12(17)18-2/h3-4,7,15H,5-6,13H2,1-2H3,(H,14,16). The summed E-state index contributed by atoms with van der Waals surface area (Å²) in [6.45, 7) is 0.474. The van der Waals surface area contributed by atoms with Crippen molar-refractivity contribution in [2.75, 3.05) is 31.8 Å². The second-order valence-corrected chi connectivity index (χ2v) is 3.64. The fourth-order valence-electron chi connectivity index (χ4n) is 1.40. The molecular weight excluding hydrogens is 234 g/mol. The number of nitrogen functional groups attached to an aromatic ring is 1. The average molecular weight is 251 g/mol. The third-order valence-corrected chi connectivity index (χ3v) is 2.42. The van der Waals surface area contributed by atoms with Crippen molar-refractivity contribution in [3.63, 3.8) is 0 Å². The Bertz CT molecular complexity index is 446. The van der Waals surface area contributed by atoms with Crippen LogP contribution in [0, 0.1) is 0 Å². The number of carbonyl (C=O) groups excluding carboxylic acids is 2. The molecule has 0 radical (unpaired) electrons. The van der Waals surface area contributed by atoms with E-state index in [0.717, 1.165) is 0 Å². The Morgan fingerprint density at radius 1 is 1.39 bits per heavy atom. The van der Waals surface area contributed by atoms with Gasteiger partial charge in [0.2, 0.25) is 5.91 Å². The van der Waals surface area contributed by atoms with E-state index in [1.54, 1.807) is 19.2 Å². The summed E-state index contributed by atoms with van der Waals surface area (Å²) in [5, 5.41) is 5.55. The monoisotopic (exact) mass is 251 g/mol. The van der Waals surface area contributed by atoms with Gasteiger partial charge in [0, 0.05) is 20.0 Å². The van der Waals surface area contributed by atoms with Crippen LogP contribution >= 0.6 is 0 Å². The average Bonchev–Trinajstić information content (AvgIpc) is 2.39. The van der Waals surface area contributed by atoms with Crippen molar-refractivity contribution in [3.05, 3.63) is 23.8 Å². The number of rotatable bonds is 5. The van der Waals surface area contributed by atoms with Crippen molar-refractivity contribution in [3.8, 4) is 0 Å². The maximum atomic E-state index is 11.3. The van der Waals surface area contributed by atoms with E-state index >= 15 is 0 Å². The Labute approximate surface area is 105 Å². The van der Waals surface area contributed by atoms with Gasteiger partial charge in [-0.1, -0.05) is 0 Å². The lowest BCUT2D eigenvalue weighted by atomic mass is 10.1. The Morgan fingerprint density at radius 2 is 2.11 bits per heavy atom. The molecule has 0 atom stereocenters. The van der Waals surface area contributed by atoms with Gasteiger partial charge in [0.1, 0.15) is 0 Å². The van der Waals surface area contributed by atoms with Gasteiger partial charge in [0.05, 0.1) is 24.0 Å². The molecule has 0 aliphatic carbocycles. The van der Waals surface area contributed by atoms with Crippen molar-refractivity contribution in [2.24, 2.45) is 0 Å². The molecule has 18 heavy (non-hydrogen) atoms. The lowest BCUT2D eigenvalue weighted by Gasteiger charge is -2.10. The summed E-state index contributed by atoms with van der Waals surface area (Å²) in [5.41, 5.74) is 7.31. The van der Waals surface area contributed by atoms with Gasteiger partial charge in [-0.3, -0.25) is 4.79 Å². The predicted molar refractivity (Wildman–Crippen MR) is 69.4 cm³/mol. The largest absolute Gasteiger partial charge is 0.465 e. The number of methoxy groups -OCH3 is 1. The molecule has 0 unspecified atom stereocenters. The minimum Gasteiger partial charge on any atom is -0.465 e. The topological polar surface area (TPSA) is 93.5 Å². The molecule has 0 saturated heterocycles. The van der Waals surface area contributed by atoms with Crippen LogP contribution in [0.2, 0.25) is 0 Å². The molecule has 1 aromatic carbocycles. The van der Waals surface area contributed by atoms with Crippen molar-refractivity contribution in [2.45, 2.75) is 6.42 Å². The molecule has 0 aromatic heterocycles. The first-order valence-corrected chi connectivity index (χ1v) is 5.50. The van der Waals surface area contributed by atoms with Gasteiger partial charge < -0.3 is 21.1 Å². The molecule has 98 valence electrons. The summed E-state index contributed by atoms with van der Waals surface area (Å²) >= 11 is 0. The van der Waals surface area contributed by atoms with Gasteiger partial charge in [-0.15, -0.1) is 0 Å². The number of benzene rings is 1. The van der Waals surface area contributed by atoms with E-state index < -0.39 is 5.97 Å². The van der Waals surface area contributed by atoms with Gasteiger partial charge in [-0.2, -0.15) is 0 Å². The highest BCUT2D eigenvalue weighted by atomic mass is 16.5. The molecule has 1 rings (SSSR count). The number of anilines is 2. The molecule has 0 aliphatic rings. The molecule has 4 N–H and O–H groups in total. The Kier molecular flexibility index (Phi) is 4.98. The number of hydrogen-bond donors (Lipinski definition) is 3. The highest BCUT2D eigenvalue weighted by molar-refractivity contribution is 5.91. The predicted octanol–water partition coefficient (Wildman–Crippen LogP) is 0.603. The minimum absolute atomic E-state index is 0.0488. The molecule has 0 bridgehead atoms. The quantitative estimate of drug-likeness (QED) is 0.526. The number of ether oxygens (including phenoxy) is 1. The zero-order valence-corrected chi connectivity index (χ0v) is 10.4. The zero-order chi connectivity index (χ0) is 13.5. The first kappa shape index (κ1) is 13.8. The molecule has 0 spiro atoms. The smallest absolute Gasteiger partial charge is 0.337 e. The van der Waals surface area contributed by atoms with Gasteiger partial charge in [0.25, 0.3) is 0 Å². The van der Waals surface area contributed by atoms with Gasteiger partial charge in [-0.05, 0) is 18.2 Å². The second kappa shape index (κ2) is 6.48. The van der Waals surface area contributed by atoms with E-state index in [1.807, 2.05) is 0 Å². The lowest BCUT2D eigenvalue weighted by Crippen LogP contribution is -2.21. The Hall–Kier alpha value is -2.24. The Balaban J connectivity index is 2.63. The van der Waals surface area contributed by atoms with E-state index in [-0.39, 0.29) is 5.91 Å². The van der Waals surface area contributed by atoms with Crippen LogP contribution in [-0.2, 0) is 9.53 Å². The van der Waals surface area contributed by atoms with E-state index in [4.69, 9.17) is 5.73 Å². The minimum atomic E-state index is -0.432. The first-order chi connectivity index (χ1) is 8.58. The fourth-order valence-corrected chi connectivity index (χ4v) is 1.40. The molecule has 0 heterocycles. The summed E-state index contributed by atoms with van der Waals surface area (Å²) in [5.74, 6) is -0.481. The number of amides is 1. The summed E-state index contributed by atoms with van der Waals surface area (Å²) in [7, 11) is 2.90. The normalized spacial score (nSPS) is 9.67. The second-order valence-electron chi connectivity index (χ2n) is 3.64. The molecule has 6 heteroatoms. The third kappa shape index (κ3) is 3.65. The van der Waals surface area contributed by atoms with Crippen molar-refractivity contribution in [1.29, 1.82) is 0 Å². The number of hydrogen-bond acceptors (Lipinski definition) is 5.